The number of anilines is 1. The summed E-state index contributed by atoms with van der Waals surface area (Å²) < 4.78 is 31.8. The van der Waals surface area contributed by atoms with Crippen molar-refractivity contribution >= 4 is 27.5 Å². The Bertz CT molecular complexity index is 1200. The number of hydrogen-bond donors (Lipinski definition) is 1. The van der Waals surface area contributed by atoms with Crippen LogP contribution in [0.25, 0.3) is 0 Å². The molecule has 2 aromatic rings. The Balaban J connectivity index is 2.25. The maximum absolute atomic E-state index is 13.6. The summed E-state index contributed by atoms with van der Waals surface area (Å²) >= 11 is 0. The van der Waals surface area contributed by atoms with E-state index in [0.717, 1.165) is 16.7 Å². The molecule has 8 nitrogen and oxygen atoms in total. The number of ether oxygens (including phenoxy) is 1. The lowest BCUT2D eigenvalue weighted by Gasteiger charge is -2.31. The predicted molar refractivity (Wildman–Crippen MR) is 153 cm³/mol. The molecule has 210 valence electrons. The summed E-state index contributed by atoms with van der Waals surface area (Å²) in [5.41, 5.74) is 3.50. The van der Waals surface area contributed by atoms with E-state index in [4.69, 9.17) is 4.74 Å². The van der Waals surface area contributed by atoms with Crippen LogP contribution < -0.4 is 14.4 Å². The number of rotatable bonds is 14. The number of benzene rings is 2. The van der Waals surface area contributed by atoms with Crippen molar-refractivity contribution in [2.45, 2.75) is 66.5 Å². The Morgan fingerprint density at radius 1 is 1.05 bits per heavy atom. The monoisotopic (exact) mass is 545 g/mol. The van der Waals surface area contributed by atoms with Gasteiger partial charge in [-0.3, -0.25) is 13.9 Å². The maximum Gasteiger partial charge on any atom is 0.242 e. The molecule has 0 aliphatic carbocycles. The normalized spacial score (nSPS) is 12.2. The van der Waals surface area contributed by atoms with E-state index in [1.54, 1.807) is 18.1 Å². The van der Waals surface area contributed by atoms with Crippen LogP contribution in [0.5, 0.6) is 5.75 Å². The third kappa shape index (κ3) is 9.04. The Morgan fingerprint density at radius 3 is 2.34 bits per heavy atom. The van der Waals surface area contributed by atoms with Crippen molar-refractivity contribution in [1.29, 1.82) is 0 Å². The maximum atomic E-state index is 13.6. The SMILES string of the molecule is CC[C@H](C(=O)NCC(C)C)N(Cc1cccc(OC)c1)C(=O)CCCN(c1ccc(C)c(C)c1)S(C)(=O)=O. The minimum absolute atomic E-state index is 0.106. The summed E-state index contributed by atoms with van der Waals surface area (Å²) in [6, 6.07) is 12.3. The fourth-order valence-electron chi connectivity index (χ4n) is 4.19. The van der Waals surface area contributed by atoms with Crippen molar-refractivity contribution in [2.75, 3.05) is 30.8 Å². The minimum Gasteiger partial charge on any atom is -0.497 e. The largest absolute Gasteiger partial charge is 0.497 e. The smallest absolute Gasteiger partial charge is 0.242 e. The highest BCUT2D eigenvalue weighted by Gasteiger charge is 2.29. The molecule has 9 heteroatoms. The summed E-state index contributed by atoms with van der Waals surface area (Å²) in [6.07, 6.45) is 2.05. The number of nitrogens with one attached hydrogen (secondary N) is 1. The third-order valence-electron chi connectivity index (χ3n) is 6.49. The van der Waals surface area contributed by atoms with Gasteiger partial charge in [-0.2, -0.15) is 0 Å². The van der Waals surface area contributed by atoms with Crippen molar-refractivity contribution in [3.05, 3.63) is 59.2 Å². The number of hydrogen-bond acceptors (Lipinski definition) is 5. The number of carbonyl (C=O) groups excluding carboxylic acids is 2. The molecule has 1 atom stereocenters. The first-order chi connectivity index (χ1) is 17.9. The van der Waals surface area contributed by atoms with Crippen LogP contribution in [0.1, 0.15) is 56.7 Å². The molecule has 2 rings (SSSR count). The second-order valence-electron chi connectivity index (χ2n) is 10.1. The van der Waals surface area contributed by atoms with Crippen LogP contribution in [0.4, 0.5) is 5.69 Å². The van der Waals surface area contributed by atoms with E-state index < -0.39 is 16.1 Å². The van der Waals surface area contributed by atoms with E-state index in [2.05, 4.69) is 5.32 Å². The molecule has 0 saturated heterocycles. The summed E-state index contributed by atoms with van der Waals surface area (Å²) in [5, 5.41) is 2.96. The first kappa shape index (κ1) is 31.1. The number of carbonyl (C=O) groups is 2. The Kier molecular flexibility index (Phi) is 11.6. The molecule has 0 radical (unpaired) electrons. The first-order valence-electron chi connectivity index (χ1n) is 13.1. The first-order valence-corrected chi connectivity index (χ1v) is 15.0. The molecule has 2 amide bonds. The molecule has 0 unspecified atom stereocenters. The number of aryl methyl sites for hydroxylation is 2. The molecular weight excluding hydrogens is 502 g/mol. The lowest BCUT2D eigenvalue weighted by atomic mass is 10.1. The van der Waals surface area contributed by atoms with Crippen molar-refractivity contribution in [2.24, 2.45) is 5.92 Å². The number of amides is 2. The highest BCUT2D eigenvalue weighted by Crippen LogP contribution is 2.23. The van der Waals surface area contributed by atoms with Gasteiger partial charge in [0.15, 0.2) is 0 Å². The van der Waals surface area contributed by atoms with Crippen molar-refractivity contribution in [3.63, 3.8) is 0 Å². The lowest BCUT2D eigenvalue weighted by Crippen LogP contribution is -2.49. The summed E-state index contributed by atoms with van der Waals surface area (Å²) in [7, 11) is -1.96. The highest BCUT2D eigenvalue weighted by atomic mass is 32.2. The van der Waals surface area contributed by atoms with Gasteiger partial charge in [0.25, 0.3) is 0 Å². The van der Waals surface area contributed by atoms with Gasteiger partial charge in [-0.25, -0.2) is 8.42 Å². The molecule has 0 aromatic heterocycles. The Labute approximate surface area is 228 Å². The average Bonchev–Trinajstić information content (AvgIpc) is 2.86. The molecule has 0 aliphatic heterocycles. The zero-order valence-corrected chi connectivity index (χ0v) is 24.6. The lowest BCUT2D eigenvalue weighted by molar-refractivity contribution is -0.141. The number of methoxy groups -OCH3 is 1. The van der Waals surface area contributed by atoms with E-state index in [-0.39, 0.29) is 37.2 Å². The van der Waals surface area contributed by atoms with E-state index in [1.807, 2.05) is 71.0 Å². The Hall–Kier alpha value is -3.07. The van der Waals surface area contributed by atoms with E-state index in [1.165, 1.54) is 10.6 Å². The molecular formula is C29H43N3O5S. The molecule has 0 spiro atoms. The molecule has 0 saturated carbocycles. The van der Waals surface area contributed by atoms with Gasteiger partial charge < -0.3 is 15.0 Å². The second kappa shape index (κ2) is 14.2. The van der Waals surface area contributed by atoms with E-state index >= 15 is 0 Å². The number of sulfonamides is 1. The van der Waals surface area contributed by atoms with Gasteiger partial charge in [0.2, 0.25) is 21.8 Å². The minimum atomic E-state index is -3.54. The van der Waals surface area contributed by atoms with Gasteiger partial charge in [-0.1, -0.05) is 39.0 Å². The Morgan fingerprint density at radius 2 is 1.76 bits per heavy atom. The topological polar surface area (TPSA) is 96.0 Å². The zero-order valence-electron chi connectivity index (χ0n) is 23.8. The summed E-state index contributed by atoms with van der Waals surface area (Å²) in [5.74, 6) is 0.564. The molecule has 0 heterocycles. The summed E-state index contributed by atoms with van der Waals surface area (Å²) in [6.45, 7) is 10.8. The molecule has 2 aromatic carbocycles. The van der Waals surface area contributed by atoms with Crippen LogP contribution in [0.2, 0.25) is 0 Å². The molecule has 0 bridgehead atoms. The van der Waals surface area contributed by atoms with Crippen molar-refractivity contribution < 1.29 is 22.7 Å². The van der Waals surface area contributed by atoms with E-state index in [9.17, 15) is 18.0 Å². The van der Waals surface area contributed by atoms with E-state index in [0.29, 0.717) is 30.8 Å². The van der Waals surface area contributed by atoms with Gasteiger partial charge in [-0.15, -0.1) is 0 Å². The molecule has 0 fully saturated rings. The van der Waals surface area contributed by atoms with Crippen LogP contribution in [-0.2, 0) is 26.2 Å². The standard InChI is InChI=1S/C29H43N3O5S/c1-8-27(29(34)30-19-21(2)3)31(20-24-11-9-12-26(18-24)37-6)28(33)13-10-16-32(38(7,35)36)25-15-14-22(4)23(5)17-25/h9,11-12,14-15,17-18,21,27H,8,10,13,16,19-20H2,1-7H3,(H,30,34)/t27-/m1/s1. The zero-order chi connectivity index (χ0) is 28.5. The molecule has 1 N–H and O–H groups in total. The van der Waals surface area contributed by atoms with Crippen LogP contribution in [0.15, 0.2) is 42.5 Å². The quantitative estimate of drug-likeness (QED) is 0.379. The molecule has 38 heavy (non-hydrogen) atoms. The van der Waals surface area contributed by atoms with Gasteiger partial charge in [-0.05, 0) is 73.6 Å². The van der Waals surface area contributed by atoms with Gasteiger partial charge in [0.1, 0.15) is 11.8 Å². The van der Waals surface area contributed by atoms with Crippen LogP contribution in [0.3, 0.4) is 0 Å². The molecule has 0 aliphatic rings. The summed E-state index contributed by atoms with van der Waals surface area (Å²) in [4.78, 5) is 28.2. The average molecular weight is 546 g/mol. The van der Waals surface area contributed by atoms with Crippen LogP contribution >= 0.6 is 0 Å². The third-order valence-corrected chi connectivity index (χ3v) is 7.68. The highest BCUT2D eigenvalue weighted by molar-refractivity contribution is 7.92. The van der Waals surface area contributed by atoms with Crippen molar-refractivity contribution in [3.8, 4) is 5.75 Å². The number of nitrogens with zero attached hydrogens (tertiary/aromatic N) is 2. The van der Waals surface area contributed by atoms with Gasteiger partial charge in [0, 0.05) is 26.1 Å². The van der Waals surface area contributed by atoms with Crippen molar-refractivity contribution in [1.82, 2.24) is 10.2 Å². The fraction of sp³-hybridized carbons (Fsp3) is 0.517. The van der Waals surface area contributed by atoms with Gasteiger partial charge in [0.05, 0.1) is 19.1 Å². The predicted octanol–water partition coefficient (Wildman–Crippen LogP) is 4.44. The van der Waals surface area contributed by atoms with Gasteiger partial charge >= 0.3 is 0 Å². The van der Waals surface area contributed by atoms with Crippen LogP contribution in [0, 0.1) is 19.8 Å². The fourth-order valence-corrected chi connectivity index (χ4v) is 5.15. The van der Waals surface area contributed by atoms with Crippen LogP contribution in [-0.4, -0.2) is 57.6 Å². The second-order valence-corrected chi connectivity index (χ2v) is 12.1.